The number of nitrogens with zero attached hydrogens (tertiary/aromatic N) is 4. The summed E-state index contributed by atoms with van der Waals surface area (Å²) in [5.74, 6) is 0.0371. The quantitative estimate of drug-likeness (QED) is 0.681. The van der Waals surface area contributed by atoms with Crippen molar-refractivity contribution in [1.82, 2.24) is 19.7 Å². The van der Waals surface area contributed by atoms with Gasteiger partial charge in [-0.3, -0.25) is 14.5 Å². The second-order valence-electron chi connectivity index (χ2n) is 6.60. The molecular formula is C20H18N4O2. The zero-order valence-electron chi connectivity index (χ0n) is 14.4. The molecule has 0 spiro atoms. The largest absolute Gasteiger partial charge is 0.274 e. The SMILES string of the molecule is C[C@@]1(c2ccccc2)CC(=O)N(Cc2ncn(-c3ccccc3)n2)C1=O. The molecule has 6 nitrogen and oxygen atoms in total. The van der Waals surface area contributed by atoms with Crippen LogP contribution in [0.5, 0.6) is 0 Å². The van der Waals surface area contributed by atoms with Crippen molar-refractivity contribution in [3.63, 3.8) is 0 Å². The summed E-state index contributed by atoms with van der Waals surface area (Å²) >= 11 is 0. The van der Waals surface area contributed by atoms with Crippen LogP contribution in [0.1, 0.15) is 24.7 Å². The Kier molecular flexibility index (Phi) is 3.88. The summed E-state index contributed by atoms with van der Waals surface area (Å²) in [5, 5.41) is 4.39. The molecule has 0 aliphatic carbocycles. The Morgan fingerprint density at radius 2 is 1.65 bits per heavy atom. The molecule has 1 aromatic heterocycles. The van der Waals surface area contributed by atoms with Crippen LogP contribution in [0.25, 0.3) is 5.69 Å². The number of amides is 2. The first-order chi connectivity index (χ1) is 12.6. The Hall–Kier alpha value is -3.28. The molecule has 0 N–H and O–H groups in total. The Balaban J connectivity index is 1.57. The first-order valence-electron chi connectivity index (χ1n) is 8.44. The normalized spacial score (nSPS) is 20.0. The summed E-state index contributed by atoms with van der Waals surface area (Å²) < 4.78 is 1.64. The topological polar surface area (TPSA) is 68.1 Å². The van der Waals surface area contributed by atoms with Gasteiger partial charge < -0.3 is 0 Å². The van der Waals surface area contributed by atoms with Gasteiger partial charge in [0.15, 0.2) is 5.82 Å². The van der Waals surface area contributed by atoms with Crippen molar-refractivity contribution in [2.45, 2.75) is 25.3 Å². The Labute approximate surface area is 151 Å². The van der Waals surface area contributed by atoms with Crippen LogP contribution in [0, 0.1) is 0 Å². The molecule has 0 unspecified atom stereocenters. The summed E-state index contributed by atoms with van der Waals surface area (Å²) in [7, 11) is 0. The summed E-state index contributed by atoms with van der Waals surface area (Å²) in [6.07, 6.45) is 1.75. The fourth-order valence-corrected chi connectivity index (χ4v) is 3.29. The number of benzene rings is 2. The molecule has 3 aromatic rings. The molecular weight excluding hydrogens is 328 g/mol. The second-order valence-corrected chi connectivity index (χ2v) is 6.60. The van der Waals surface area contributed by atoms with Gasteiger partial charge in [0.1, 0.15) is 6.33 Å². The number of carbonyl (C=O) groups excluding carboxylic acids is 2. The first kappa shape index (κ1) is 16.2. The summed E-state index contributed by atoms with van der Waals surface area (Å²) in [5.41, 5.74) is 0.892. The fraction of sp³-hybridized carbons (Fsp3) is 0.200. The van der Waals surface area contributed by atoms with Crippen LogP contribution in [0.4, 0.5) is 0 Å². The minimum atomic E-state index is -0.833. The third-order valence-electron chi connectivity index (χ3n) is 4.79. The van der Waals surface area contributed by atoms with Crippen molar-refractivity contribution in [1.29, 1.82) is 0 Å². The third kappa shape index (κ3) is 2.69. The molecule has 1 aliphatic heterocycles. The number of imide groups is 1. The fourth-order valence-electron chi connectivity index (χ4n) is 3.29. The predicted octanol–water partition coefficient (Wildman–Crippen LogP) is 2.48. The number of hydrogen-bond acceptors (Lipinski definition) is 4. The first-order valence-corrected chi connectivity index (χ1v) is 8.44. The van der Waals surface area contributed by atoms with E-state index in [1.165, 1.54) is 4.90 Å². The molecule has 6 heteroatoms. The number of rotatable bonds is 4. The van der Waals surface area contributed by atoms with Gasteiger partial charge >= 0.3 is 0 Å². The highest BCUT2D eigenvalue weighted by molar-refractivity contribution is 6.08. The average Bonchev–Trinajstić information content (AvgIpc) is 3.23. The number of aromatic nitrogens is 3. The van der Waals surface area contributed by atoms with E-state index < -0.39 is 5.41 Å². The van der Waals surface area contributed by atoms with Crippen LogP contribution in [0.15, 0.2) is 67.0 Å². The third-order valence-corrected chi connectivity index (χ3v) is 4.79. The summed E-state index contributed by atoms with van der Waals surface area (Å²) in [4.78, 5) is 31.0. The van der Waals surface area contributed by atoms with Gasteiger partial charge in [-0.15, -0.1) is 5.10 Å². The maximum atomic E-state index is 13.0. The molecule has 1 atom stereocenters. The molecule has 0 radical (unpaired) electrons. The van der Waals surface area contributed by atoms with Crippen molar-refractivity contribution in [3.8, 4) is 5.69 Å². The van der Waals surface area contributed by atoms with Gasteiger partial charge in [-0.25, -0.2) is 9.67 Å². The van der Waals surface area contributed by atoms with E-state index >= 15 is 0 Å². The standard InChI is InChI=1S/C20H18N4O2/c1-20(15-8-4-2-5-9-15)12-18(25)23(19(20)26)13-17-21-14-24(22-17)16-10-6-3-7-11-16/h2-11,14H,12-13H2,1H3/t20-/m0/s1. The molecule has 1 fully saturated rings. The zero-order valence-corrected chi connectivity index (χ0v) is 14.4. The average molecular weight is 346 g/mol. The lowest BCUT2D eigenvalue weighted by Gasteiger charge is -2.22. The second kappa shape index (κ2) is 6.22. The van der Waals surface area contributed by atoms with Gasteiger partial charge in [0.25, 0.3) is 0 Å². The highest BCUT2D eigenvalue weighted by Gasteiger charge is 2.49. The Morgan fingerprint density at radius 1 is 1.00 bits per heavy atom. The molecule has 4 rings (SSSR count). The van der Waals surface area contributed by atoms with Gasteiger partial charge in [0.2, 0.25) is 11.8 Å². The van der Waals surface area contributed by atoms with Gasteiger partial charge in [0, 0.05) is 6.42 Å². The van der Waals surface area contributed by atoms with E-state index in [0.29, 0.717) is 5.82 Å². The van der Waals surface area contributed by atoms with E-state index in [9.17, 15) is 9.59 Å². The Bertz CT molecular complexity index is 952. The lowest BCUT2D eigenvalue weighted by atomic mass is 9.81. The molecule has 2 aromatic carbocycles. The minimum Gasteiger partial charge on any atom is -0.274 e. The number of hydrogen-bond donors (Lipinski definition) is 0. The van der Waals surface area contributed by atoms with E-state index in [1.807, 2.05) is 67.6 Å². The van der Waals surface area contributed by atoms with Crippen molar-refractivity contribution in [2.24, 2.45) is 0 Å². The maximum Gasteiger partial charge on any atom is 0.240 e. The molecule has 1 aliphatic rings. The molecule has 1 saturated heterocycles. The minimum absolute atomic E-state index is 0.0833. The summed E-state index contributed by atoms with van der Waals surface area (Å²) in [6, 6.07) is 19.0. The van der Waals surface area contributed by atoms with Crippen molar-refractivity contribution >= 4 is 11.8 Å². The molecule has 0 bridgehead atoms. The van der Waals surface area contributed by atoms with Crippen molar-refractivity contribution in [2.75, 3.05) is 0 Å². The lowest BCUT2D eigenvalue weighted by molar-refractivity contribution is -0.140. The maximum absolute atomic E-state index is 13.0. The van der Waals surface area contributed by atoms with Crippen LogP contribution in [-0.4, -0.2) is 31.5 Å². The highest BCUT2D eigenvalue weighted by Crippen LogP contribution is 2.36. The van der Waals surface area contributed by atoms with E-state index in [2.05, 4.69) is 10.1 Å². The molecule has 26 heavy (non-hydrogen) atoms. The molecule has 2 amide bonds. The van der Waals surface area contributed by atoms with E-state index in [1.54, 1.807) is 11.0 Å². The smallest absolute Gasteiger partial charge is 0.240 e. The number of likely N-dealkylation sites (tertiary alicyclic amines) is 1. The van der Waals surface area contributed by atoms with E-state index in [4.69, 9.17) is 0 Å². The van der Waals surface area contributed by atoms with Crippen LogP contribution >= 0.6 is 0 Å². The van der Waals surface area contributed by atoms with Crippen LogP contribution < -0.4 is 0 Å². The van der Waals surface area contributed by atoms with Crippen molar-refractivity contribution in [3.05, 3.63) is 78.4 Å². The van der Waals surface area contributed by atoms with Gasteiger partial charge in [-0.05, 0) is 24.6 Å². The number of carbonyl (C=O) groups is 2. The van der Waals surface area contributed by atoms with Crippen molar-refractivity contribution < 1.29 is 9.59 Å². The highest BCUT2D eigenvalue weighted by atomic mass is 16.2. The zero-order chi connectivity index (χ0) is 18.1. The lowest BCUT2D eigenvalue weighted by Crippen LogP contribution is -2.36. The molecule has 2 heterocycles. The Morgan fingerprint density at radius 3 is 2.35 bits per heavy atom. The predicted molar refractivity (Wildman–Crippen MR) is 95.3 cm³/mol. The van der Waals surface area contributed by atoms with Gasteiger partial charge in [-0.1, -0.05) is 48.5 Å². The molecule has 0 saturated carbocycles. The van der Waals surface area contributed by atoms with Gasteiger partial charge in [0.05, 0.1) is 17.6 Å². The summed E-state index contributed by atoms with van der Waals surface area (Å²) in [6.45, 7) is 1.90. The van der Waals surface area contributed by atoms with Crippen LogP contribution in [0.2, 0.25) is 0 Å². The van der Waals surface area contributed by atoms with E-state index in [0.717, 1.165) is 11.3 Å². The van der Waals surface area contributed by atoms with Crippen LogP contribution in [-0.2, 0) is 21.5 Å². The van der Waals surface area contributed by atoms with Gasteiger partial charge in [-0.2, -0.15) is 0 Å². The number of para-hydroxylation sites is 1. The van der Waals surface area contributed by atoms with Crippen LogP contribution in [0.3, 0.4) is 0 Å². The molecule has 130 valence electrons. The van der Waals surface area contributed by atoms with E-state index in [-0.39, 0.29) is 24.8 Å². The monoisotopic (exact) mass is 346 g/mol.